The molecule has 17 heavy (non-hydrogen) atoms. The molecule has 0 spiro atoms. The summed E-state index contributed by atoms with van der Waals surface area (Å²) in [4.78, 5) is 0. The van der Waals surface area contributed by atoms with Crippen LogP contribution in [0.25, 0.3) is 0 Å². The van der Waals surface area contributed by atoms with Gasteiger partial charge in [0, 0.05) is 0 Å². The molecule has 1 atom stereocenters. The van der Waals surface area contributed by atoms with Crippen LogP contribution in [0.2, 0.25) is 0 Å². The van der Waals surface area contributed by atoms with Crippen LogP contribution in [0.15, 0.2) is 24.3 Å². The maximum atomic E-state index is 5.82. The third-order valence-electron chi connectivity index (χ3n) is 3.41. The summed E-state index contributed by atoms with van der Waals surface area (Å²) in [7, 11) is 0. The van der Waals surface area contributed by atoms with Crippen LogP contribution in [0.4, 0.5) is 0 Å². The Morgan fingerprint density at radius 2 is 1.35 bits per heavy atom. The van der Waals surface area contributed by atoms with Crippen molar-refractivity contribution in [1.29, 1.82) is 0 Å². The van der Waals surface area contributed by atoms with E-state index in [0.29, 0.717) is 11.8 Å². The Bertz CT molecular complexity index is 311. The van der Waals surface area contributed by atoms with Gasteiger partial charge in [-0.3, -0.25) is 0 Å². The molecule has 0 aliphatic heterocycles. The van der Waals surface area contributed by atoms with Crippen LogP contribution in [-0.2, 0) is 12.8 Å². The number of hydrogen-bond acceptors (Lipinski definition) is 1. The van der Waals surface area contributed by atoms with E-state index in [-0.39, 0.29) is 0 Å². The lowest BCUT2D eigenvalue weighted by Gasteiger charge is -2.19. The van der Waals surface area contributed by atoms with Crippen LogP contribution in [0.1, 0.15) is 38.8 Å². The lowest BCUT2D eigenvalue weighted by molar-refractivity contribution is 0.392. The van der Waals surface area contributed by atoms with Crippen molar-refractivity contribution in [3.8, 4) is 0 Å². The predicted octanol–water partition coefficient (Wildman–Crippen LogP) is 3.66. The highest BCUT2D eigenvalue weighted by Gasteiger charge is 2.11. The normalized spacial score (nSPS) is 13.4. The minimum atomic E-state index is 0.603. The second-order valence-electron chi connectivity index (χ2n) is 5.86. The van der Waals surface area contributed by atoms with E-state index in [1.165, 1.54) is 17.5 Å². The lowest BCUT2D eigenvalue weighted by atomic mass is 9.89. The van der Waals surface area contributed by atoms with Crippen LogP contribution in [0.3, 0.4) is 0 Å². The number of benzene rings is 1. The fraction of sp³-hybridized carbons (Fsp3) is 0.625. The van der Waals surface area contributed by atoms with E-state index in [1.807, 2.05) is 0 Å². The van der Waals surface area contributed by atoms with Gasteiger partial charge in [-0.2, -0.15) is 0 Å². The molecular weight excluding hydrogens is 206 g/mol. The number of hydrogen-bond donors (Lipinski definition) is 1. The SMILES string of the molecule is CC(C)Cc1ccc(CC(CN)C(C)C)cc1. The summed E-state index contributed by atoms with van der Waals surface area (Å²) >= 11 is 0. The maximum absolute atomic E-state index is 5.82. The molecule has 1 heteroatoms. The van der Waals surface area contributed by atoms with Gasteiger partial charge in [-0.15, -0.1) is 0 Å². The van der Waals surface area contributed by atoms with Gasteiger partial charge in [-0.25, -0.2) is 0 Å². The van der Waals surface area contributed by atoms with E-state index in [0.717, 1.165) is 18.9 Å². The van der Waals surface area contributed by atoms with Crippen LogP contribution in [0, 0.1) is 17.8 Å². The molecule has 0 heterocycles. The average Bonchev–Trinajstić information content (AvgIpc) is 2.26. The Kier molecular flexibility index (Phi) is 5.70. The zero-order valence-corrected chi connectivity index (χ0v) is 11.7. The molecule has 0 amide bonds. The van der Waals surface area contributed by atoms with Crippen molar-refractivity contribution in [3.63, 3.8) is 0 Å². The zero-order valence-electron chi connectivity index (χ0n) is 11.7. The summed E-state index contributed by atoms with van der Waals surface area (Å²) in [5, 5.41) is 0. The molecule has 1 rings (SSSR count). The minimum absolute atomic E-state index is 0.603. The van der Waals surface area contributed by atoms with E-state index in [9.17, 15) is 0 Å². The van der Waals surface area contributed by atoms with Gasteiger partial charge in [0.1, 0.15) is 0 Å². The molecule has 2 N–H and O–H groups in total. The van der Waals surface area contributed by atoms with Crippen molar-refractivity contribution in [3.05, 3.63) is 35.4 Å². The fourth-order valence-corrected chi connectivity index (χ4v) is 2.18. The highest BCUT2D eigenvalue weighted by Crippen LogP contribution is 2.17. The Morgan fingerprint density at radius 3 is 1.71 bits per heavy atom. The smallest absolute Gasteiger partial charge is 0.00432 e. The van der Waals surface area contributed by atoms with Gasteiger partial charge < -0.3 is 5.73 Å². The summed E-state index contributed by atoms with van der Waals surface area (Å²) in [5.74, 6) is 1.99. The first kappa shape index (κ1) is 14.2. The van der Waals surface area contributed by atoms with Gasteiger partial charge in [0.25, 0.3) is 0 Å². The van der Waals surface area contributed by atoms with Crippen LogP contribution in [-0.4, -0.2) is 6.54 Å². The zero-order chi connectivity index (χ0) is 12.8. The van der Waals surface area contributed by atoms with Gasteiger partial charge in [0.15, 0.2) is 0 Å². The third kappa shape index (κ3) is 4.91. The fourth-order valence-electron chi connectivity index (χ4n) is 2.18. The van der Waals surface area contributed by atoms with Gasteiger partial charge in [-0.1, -0.05) is 52.0 Å². The van der Waals surface area contributed by atoms with E-state index >= 15 is 0 Å². The third-order valence-corrected chi connectivity index (χ3v) is 3.41. The molecule has 0 radical (unpaired) electrons. The van der Waals surface area contributed by atoms with E-state index in [1.54, 1.807) is 0 Å². The van der Waals surface area contributed by atoms with Gasteiger partial charge in [0.2, 0.25) is 0 Å². The van der Waals surface area contributed by atoms with Gasteiger partial charge >= 0.3 is 0 Å². The maximum Gasteiger partial charge on any atom is -0.00432 e. The first-order chi connectivity index (χ1) is 8.02. The molecule has 0 aliphatic carbocycles. The van der Waals surface area contributed by atoms with Crippen LogP contribution < -0.4 is 5.73 Å². The topological polar surface area (TPSA) is 26.0 Å². The van der Waals surface area contributed by atoms with Crippen molar-refractivity contribution < 1.29 is 0 Å². The molecule has 1 aromatic carbocycles. The highest BCUT2D eigenvalue weighted by atomic mass is 14.5. The Hall–Kier alpha value is -0.820. The molecule has 0 fully saturated rings. The Labute approximate surface area is 106 Å². The molecule has 1 unspecified atom stereocenters. The van der Waals surface area contributed by atoms with E-state index in [4.69, 9.17) is 5.73 Å². The highest BCUT2D eigenvalue weighted by molar-refractivity contribution is 5.23. The molecule has 96 valence electrons. The predicted molar refractivity (Wildman–Crippen MR) is 76.1 cm³/mol. The summed E-state index contributed by atoms with van der Waals surface area (Å²) in [6.07, 6.45) is 2.28. The first-order valence-electron chi connectivity index (χ1n) is 6.80. The summed E-state index contributed by atoms with van der Waals surface area (Å²) < 4.78 is 0. The molecule has 0 bridgehead atoms. The largest absolute Gasteiger partial charge is 0.330 e. The van der Waals surface area contributed by atoms with E-state index < -0.39 is 0 Å². The Balaban J connectivity index is 2.61. The van der Waals surface area contributed by atoms with Crippen LogP contribution in [0.5, 0.6) is 0 Å². The molecule has 1 nitrogen and oxygen atoms in total. The quantitative estimate of drug-likeness (QED) is 0.797. The second kappa shape index (κ2) is 6.80. The van der Waals surface area contributed by atoms with Crippen molar-refractivity contribution >= 4 is 0 Å². The number of rotatable bonds is 6. The van der Waals surface area contributed by atoms with Crippen molar-refractivity contribution in [2.24, 2.45) is 23.5 Å². The van der Waals surface area contributed by atoms with Gasteiger partial charge in [0.05, 0.1) is 0 Å². The lowest BCUT2D eigenvalue weighted by Crippen LogP contribution is -2.22. The molecule has 0 aromatic heterocycles. The number of nitrogens with two attached hydrogens (primary N) is 1. The molecular formula is C16H27N. The summed E-state index contributed by atoms with van der Waals surface area (Å²) in [5.41, 5.74) is 8.68. The molecule has 1 aromatic rings. The minimum Gasteiger partial charge on any atom is -0.330 e. The van der Waals surface area contributed by atoms with Crippen molar-refractivity contribution in [1.82, 2.24) is 0 Å². The first-order valence-corrected chi connectivity index (χ1v) is 6.80. The monoisotopic (exact) mass is 233 g/mol. The van der Waals surface area contributed by atoms with E-state index in [2.05, 4.69) is 52.0 Å². The van der Waals surface area contributed by atoms with Gasteiger partial charge in [-0.05, 0) is 48.3 Å². The average molecular weight is 233 g/mol. The molecule has 0 aliphatic rings. The molecule has 0 saturated carbocycles. The van der Waals surface area contributed by atoms with Crippen molar-refractivity contribution in [2.45, 2.75) is 40.5 Å². The summed E-state index contributed by atoms with van der Waals surface area (Å²) in [6, 6.07) is 9.07. The van der Waals surface area contributed by atoms with Crippen LogP contribution >= 0.6 is 0 Å². The Morgan fingerprint density at radius 1 is 0.882 bits per heavy atom. The molecule has 0 saturated heterocycles. The van der Waals surface area contributed by atoms with Crippen molar-refractivity contribution in [2.75, 3.05) is 6.54 Å². The second-order valence-corrected chi connectivity index (χ2v) is 5.86. The standard InChI is InChI=1S/C16H27N/c1-12(2)9-14-5-7-15(8-6-14)10-16(11-17)13(3)4/h5-8,12-13,16H,9-11,17H2,1-4H3. The summed E-state index contributed by atoms with van der Waals surface area (Å²) in [6.45, 7) is 9.81.